The molecule has 0 unspecified atom stereocenters. The molecular weight excluding hydrogens is 480 g/mol. The number of benzene rings is 1. The number of aliphatic imine (C=N–C) groups is 1. The van der Waals surface area contributed by atoms with Crippen molar-refractivity contribution in [2.75, 3.05) is 13.1 Å². The molecule has 1 saturated heterocycles. The number of aliphatic hydroxyl groups excluding tert-OH is 1. The second-order valence-corrected chi connectivity index (χ2v) is 9.13. The number of aliphatic hydroxyl groups is 1. The summed E-state index contributed by atoms with van der Waals surface area (Å²) in [5.74, 6) is -2.61. The van der Waals surface area contributed by atoms with Gasteiger partial charge in [0.15, 0.2) is 5.96 Å². The van der Waals surface area contributed by atoms with Crippen LogP contribution < -0.4 is 33.6 Å². The lowest BCUT2D eigenvalue weighted by Crippen LogP contribution is -2.58. The standard InChI is InChI=1S/C24H38N8O5/c1-14(33)19(20(26)34)31-21(35)17(9-5-11-29-24(27)28)30-22(36)18-10-6-12-32(18)23(37)16(25)13-15-7-3-2-4-8-15/h2-4,7-8,14,16-19,33H,5-6,9-13,25H2,1H3,(H2,26,34)(H,30,36)(H,31,35)(H4,27,28,29)/t14-,16+,17+,18-,19+/m0/s1. The number of primary amides is 1. The third kappa shape index (κ3) is 9.03. The van der Waals surface area contributed by atoms with Gasteiger partial charge in [0, 0.05) is 13.1 Å². The van der Waals surface area contributed by atoms with Crippen molar-refractivity contribution >= 4 is 29.6 Å². The molecule has 37 heavy (non-hydrogen) atoms. The number of nitrogens with two attached hydrogens (primary N) is 4. The van der Waals surface area contributed by atoms with Gasteiger partial charge < -0.3 is 43.6 Å². The average Bonchev–Trinajstić information content (AvgIpc) is 3.33. The molecule has 1 heterocycles. The number of nitrogens with zero attached hydrogens (tertiary/aromatic N) is 2. The molecule has 1 fully saturated rings. The lowest BCUT2D eigenvalue weighted by Gasteiger charge is -2.29. The quantitative estimate of drug-likeness (QED) is 0.0831. The van der Waals surface area contributed by atoms with E-state index in [-0.39, 0.29) is 24.8 Å². The van der Waals surface area contributed by atoms with Gasteiger partial charge in [0.1, 0.15) is 18.1 Å². The highest BCUT2D eigenvalue weighted by molar-refractivity contribution is 5.95. The van der Waals surface area contributed by atoms with Gasteiger partial charge in [-0.2, -0.15) is 0 Å². The zero-order valence-electron chi connectivity index (χ0n) is 21.0. The van der Waals surface area contributed by atoms with Gasteiger partial charge >= 0.3 is 0 Å². The fourth-order valence-corrected chi connectivity index (χ4v) is 4.20. The number of nitrogens with one attached hydrogen (secondary N) is 2. The minimum absolute atomic E-state index is 0.111. The summed E-state index contributed by atoms with van der Waals surface area (Å²) in [6.45, 7) is 1.88. The Hall–Kier alpha value is -3.71. The molecular formula is C24H38N8O5. The van der Waals surface area contributed by atoms with Crippen LogP contribution in [0.15, 0.2) is 35.3 Å². The molecule has 13 heteroatoms. The van der Waals surface area contributed by atoms with Crippen molar-refractivity contribution < 1.29 is 24.3 Å². The summed E-state index contributed by atoms with van der Waals surface area (Å²) in [4.78, 5) is 56.2. The maximum absolute atomic E-state index is 13.2. The zero-order valence-corrected chi connectivity index (χ0v) is 21.0. The van der Waals surface area contributed by atoms with Crippen molar-refractivity contribution in [2.45, 2.75) is 69.3 Å². The highest BCUT2D eigenvalue weighted by atomic mass is 16.3. The van der Waals surface area contributed by atoms with E-state index in [4.69, 9.17) is 22.9 Å². The molecule has 5 atom stereocenters. The molecule has 0 saturated carbocycles. The van der Waals surface area contributed by atoms with Crippen molar-refractivity contribution in [2.24, 2.45) is 27.9 Å². The Morgan fingerprint density at radius 1 is 1.14 bits per heavy atom. The van der Waals surface area contributed by atoms with Crippen molar-refractivity contribution in [3.8, 4) is 0 Å². The predicted molar refractivity (Wildman–Crippen MR) is 138 cm³/mol. The van der Waals surface area contributed by atoms with Crippen molar-refractivity contribution in [1.82, 2.24) is 15.5 Å². The van der Waals surface area contributed by atoms with Gasteiger partial charge in [-0.3, -0.25) is 24.2 Å². The maximum Gasteiger partial charge on any atom is 0.243 e. The number of rotatable bonds is 13. The average molecular weight is 519 g/mol. The molecule has 1 aromatic carbocycles. The summed E-state index contributed by atoms with van der Waals surface area (Å²) < 4.78 is 0. The fraction of sp³-hybridized carbons (Fsp3) is 0.542. The fourth-order valence-electron chi connectivity index (χ4n) is 4.20. The van der Waals surface area contributed by atoms with Crippen LogP contribution in [0, 0.1) is 0 Å². The Kier molecular flexibility index (Phi) is 11.3. The van der Waals surface area contributed by atoms with Gasteiger partial charge in [0.2, 0.25) is 23.6 Å². The monoisotopic (exact) mass is 518 g/mol. The highest BCUT2D eigenvalue weighted by Crippen LogP contribution is 2.20. The van der Waals surface area contributed by atoms with E-state index in [1.54, 1.807) is 0 Å². The van der Waals surface area contributed by atoms with Crippen LogP contribution in [0.1, 0.15) is 38.2 Å². The van der Waals surface area contributed by atoms with Crippen LogP contribution in [0.2, 0.25) is 0 Å². The summed E-state index contributed by atoms with van der Waals surface area (Å²) in [7, 11) is 0. The molecule has 1 aromatic rings. The molecule has 0 radical (unpaired) electrons. The van der Waals surface area contributed by atoms with Crippen molar-refractivity contribution in [3.63, 3.8) is 0 Å². The largest absolute Gasteiger partial charge is 0.391 e. The molecule has 0 spiro atoms. The number of hydrogen-bond donors (Lipinski definition) is 7. The molecule has 204 valence electrons. The second kappa shape index (κ2) is 14.1. The van der Waals surface area contributed by atoms with Crippen LogP contribution >= 0.6 is 0 Å². The van der Waals surface area contributed by atoms with E-state index >= 15 is 0 Å². The van der Waals surface area contributed by atoms with Gasteiger partial charge in [0.05, 0.1) is 12.1 Å². The van der Waals surface area contributed by atoms with Crippen LogP contribution in [0.25, 0.3) is 0 Å². The minimum atomic E-state index is -1.34. The van der Waals surface area contributed by atoms with Crippen molar-refractivity contribution in [1.29, 1.82) is 0 Å². The van der Waals surface area contributed by atoms with Crippen LogP contribution in [0.3, 0.4) is 0 Å². The van der Waals surface area contributed by atoms with Gasteiger partial charge in [-0.05, 0) is 44.6 Å². The van der Waals surface area contributed by atoms with Gasteiger partial charge in [-0.15, -0.1) is 0 Å². The van der Waals surface area contributed by atoms with Gasteiger partial charge in [-0.25, -0.2) is 0 Å². The molecule has 0 aromatic heterocycles. The van der Waals surface area contributed by atoms with Crippen LogP contribution in [0.4, 0.5) is 0 Å². The van der Waals surface area contributed by atoms with E-state index in [0.29, 0.717) is 32.2 Å². The summed E-state index contributed by atoms with van der Waals surface area (Å²) in [5.41, 5.74) is 23.0. The van der Waals surface area contributed by atoms with E-state index in [0.717, 1.165) is 5.56 Å². The normalized spacial score (nSPS) is 18.2. The topological polar surface area (TPSA) is 232 Å². The third-order valence-corrected chi connectivity index (χ3v) is 6.12. The lowest BCUT2D eigenvalue weighted by molar-refractivity contribution is -0.140. The Labute approximate surface area is 216 Å². The zero-order chi connectivity index (χ0) is 27.5. The molecule has 1 aliphatic rings. The summed E-state index contributed by atoms with van der Waals surface area (Å²) in [6.07, 6.45) is 0.571. The van der Waals surface area contributed by atoms with E-state index in [1.807, 2.05) is 30.3 Å². The van der Waals surface area contributed by atoms with Crippen LogP contribution in [-0.2, 0) is 25.6 Å². The smallest absolute Gasteiger partial charge is 0.243 e. The molecule has 4 amide bonds. The maximum atomic E-state index is 13.2. The third-order valence-electron chi connectivity index (χ3n) is 6.12. The van der Waals surface area contributed by atoms with E-state index in [1.165, 1.54) is 11.8 Å². The first-order valence-corrected chi connectivity index (χ1v) is 12.2. The second-order valence-electron chi connectivity index (χ2n) is 9.13. The molecule has 0 aliphatic carbocycles. The number of amides is 4. The van der Waals surface area contributed by atoms with Crippen molar-refractivity contribution in [3.05, 3.63) is 35.9 Å². The first kappa shape index (κ1) is 29.5. The Bertz CT molecular complexity index is 967. The van der Waals surface area contributed by atoms with Crippen LogP contribution in [-0.4, -0.2) is 83.0 Å². The predicted octanol–water partition coefficient (Wildman–Crippen LogP) is -2.56. The first-order chi connectivity index (χ1) is 17.5. The first-order valence-electron chi connectivity index (χ1n) is 12.2. The Morgan fingerprint density at radius 3 is 2.41 bits per heavy atom. The number of carbonyl (C=O) groups is 4. The molecule has 1 aliphatic heterocycles. The highest BCUT2D eigenvalue weighted by Gasteiger charge is 2.38. The Morgan fingerprint density at radius 2 is 1.81 bits per heavy atom. The van der Waals surface area contributed by atoms with Crippen LogP contribution in [0.5, 0.6) is 0 Å². The number of guanidine groups is 1. The lowest BCUT2D eigenvalue weighted by atomic mass is 10.0. The summed E-state index contributed by atoms with van der Waals surface area (Å²) in [6, 6.07) is 5.29. The van der Waals surface area contributed by atoms with E-state index in [9.17, 15) is 24.3 Å². The van der Waals surface area contributed by atoms with E-state index in [2.05, 4.69) is 15.6 Å². The number of carbonyl (C=O) groups excluding carboxylic acids is 4. The van der Waals surface area contributed by atoms with Gasteiger partial charge in [-0.1, -0.05) is 30.3 Å². The SMILES string of the molecule is C[C@H](O)[C@@H](NC(=O)[C@@H](CCCN=C(N)N)NC(=O)[C@@H]1CCCN1C(=O)[C@H](N)Cc1ccccc1)C(N)=O. The van der Waals surface area contributed by atoms with Gasteiger partial charge in [0.25, 0.3) is 0 Å². The summed E-state index contributed by atoms with van der Waals surface area (Å²) in [5, 5.41) is 14.8. The Balaban J connectivity index is 2.10. The molecule has 11 N–H and O–H groups in total. The summed E-state index contributed by atoms with van der Waals surface area (Å²) >= 11 is 0. The number of hydrogen-bond acceptors (Lipinski definition) is 7. The minimum Gasteiger partial charge on any atom is -0.391 e. The molecule has 0 bridgehead atoms. The number of likely N-dealkylation sites (tertiary alicyclic amines) is 1. The van der Waals surface area contributed by atoms with E-state index < -0.39 is 48.0 Å². The molecule has 13 nitrogen and oxygen atoms in total. The molecule has 2 rings (SSSR count).